The number of carbonyl (C=O) groups is 1. The van der Waals surface area contributed by atoms with Crippen molar-refractivity contribution in [1.82, 2.24) is 25.5 Å². The van der Waals surface area contributed by atoms with E-state index in [0.717, 1.165) is 29.7 Å². The van der Waals surface area contributed by atoms with Gasteiger partial charge in [0.2, 0.25) is 11.1 Å². The minimum absolute atomic E-state index is 0.0186. The van der Waals surface area contributed by atoms with Crippen molar-refractivity contribution in [2.45, 2.75) is 64.6 Å². The third kappa shape index (κ3) is 5.56. The zero-order valence-electron chi connectivity index (χ0n) is 15.5. The van der Waals surface area contributed by atoms with Crippen LogP contribution in [0.15, 0.2) is 23.4 Å². The summed E-state index contributed by atoms with van der Waals surface area (Å²) in [6, 6.07) is 6.28. The van der Waals surface area contributed by atoms with Gasteiger partial charge in [0.05, 0.1) is 11.4 Å². The van der Waals surface area contributed by atoms with Gasteiger partial charge < -0.3 is 5.32 Å². The highest BCUT2D eigenvalue weighted by atomic mass is 32.2. The van der Waals surface area contributed by atoms with Crippen LogP contribution in [0.4, 0.5) is 0 Å². The summed E-state index contributed by atoms with van der Waals surface area (Å²) >= 11 is 1.36. The molecule has 136 valence electrons. The van der Waals surface area contributed by atoms with Gasteiger partial charge in [0.25, 0.3) is 0 Å². The van der Waals surface area contributed by atoms with Crippen molar-refractivity contribution in [3.8, 4) is 5.69 Å². The summed E-state index contributed by atoms with van der Waals surface area (Å²) in [5, 5.41) is 15.6. The van der Waals surface area contributed by atoms with Crippen LogP contribution in [0.1, 0.15) is 50.7 Å². The second-order valence-electron chi connectivity index (χ2n) is 6.37. The molecule has 0 saturated heterocycles. The van der Waals surface area contributed by atoms with E-state index in [4.69, 9.17) is 0 Å². The van der Waals surface area contributed by atoms with Crippen LogP contribution in [0.5, 0.6) is 0 Å². The molecule has 1 atom stereocenters. The summed E-state index contributed by atoms with van der Waals surface area (Å²) in [5.41, 5.74) is 3.18. The lowest BCUT2D eigenvalue weighted by molar-refractivity contribution is -0.119. The van der Waals surface area contributed by atoms with E-state index in [9.17, 15) is 4.79 Å². The predicted octanol–water partition coefficient (Wildman–Crippen LogP) is 3.46. The molecule has 1 aromatic heterocycles. The second-order valence-corrected chi connectivity index (χ2v) is 7.31. The van der Waals surface area contributed by atoms with Crippen LogP contribution < -0.4 is 5.32 Å². The first-order valence-electron chi connectivity index (χ1n) is 8.80. The van der Waals surface area contributed by atoms with Gasteiger partial charge in [0.1, 0.15) is 0 Å². The summed E-state index contributed by atoms with van der Waals surface area (Å²) < 4.78 is 1.72. The monoisotopic (exact) mass is 361 g/mol. The standard InChI is InChI=1S/C18H27N5OS/c1-5-6-7-11-15(4)19-16(24)12-25-18-20-21-22-23(18)17-13(2)9-8-10-14(17)3/h8-10,15H,5-7,11-12H2,1-4H3,(H,19,24)/t15-/m1/s1. The number of amides is 1. The SMILES string of the molecule is CCCCC[C@@H](C)NC(=O)CSc1nnnn1-c1c(C)cccc1C. The summed E-state index contributed by atoms with van der Waals surface area (Å²) in [6.45, 7) is 8.30. The highest BCUT2D eigenvalue weighted by Gasteiger charge is 2.15. The van der Waals surface area contributed by atoms with E-state index in [1.54, 1.807) is 4.68 Å². The minimum atomic E-state index is 0.0186. The number of aromatic nitrogens is 4. The normalized spacial score (nSPS) is 12.2. The van der Waals surface area contributed by atoms with Crippen LogP contribution in [0.25, 0.3) is 5.69 Å². The number of hydrogen-bond acceptors (Lipinski definition) is 5. The number of thioether (sulfide) groups is 1. The average Bonchev–Trinajstić information content (AvgIpc) is 3.01. The van der Waals surface area contributed by atoms with Gasteiger partial charge >= 0.3 is 0 Å². The number of tetrazole rings is 1. The molecule has 1 heterocycles. The lowest BCUT2D eigenvalue weighted by atomic mass is 10.1. The van der Waals surface area contributed by atoms with Crippen molar-refractivity contribution in [3.63, 3.8) is 0 Å². The number of nitrogens with one attached hydrogen (secondary N) is 1. The van der Waals surface area contributed by atoms with Crippen molar-refractivity contribution in [2.24, 2.45) is 0 Å². The highest BCUT2D eigenvalue weighted by molar-refractivity contribution is 7.99. The maximum Gasteiger partial charge on any atom is 0.230 e. The van der Waals surface area contributed by atoms with E-state index in [-0.39, 0.29) is 11.9 Å². The third-order valence-corrected chi connectivity index (χ3v) is 4.99. The Morgan fingerprint density at radius 1 is 1.28 bits per heavy atom. The van der Waals surface area contributed by atoms with Gasteiger partial charge in [-0.1, -0.05) is 56.1 Å². The Labute approximate surface area is 153 Å². The van der Waals surface area contributed by atoms with Gasteiger partial charge in [-0.15, -0.1) is 5.10 Å². The zero-order chi connectivity index (χ0) is 18.2. The zero-order valence-corrected chi connectivity index (χ0v) is 16.3. The van der Waals surface area contributed by atoms with Gasteiger partial charge in [0, 0.05) is 6.04 Å². The molecule has 0 radical (unpaired) electrons. The van der Waals surface area contributed by atoms with Crippen molar-refractivity contribution in [3.05, 3.63) is 29.3 Å². The molecule has 1 aromatic carbocycles. The first-order valence-corrected chi connectivity index (χ1v) is 9.78. The van der Waals surface area contributed by atoms with E-state index in [2.05, 4.69) is 34.7 Å². The average molecular weight is 362 g/mol. The molecule has 6 nitrogen and oxygen atoms in total. The predicted molar refractivity (Wildman–Crippen MR) is 101 cm³/mol. The summed E-state index contributed by atoms with van der Waals surface area (Å²) in [5.74, 6) is 0.328. The van der Waals surface area contributed by atoms with E-state index in [1.165, 1.54) is 24.6 Å². The molecule has 25 heavy (non-hydrogen) atoms. The van der Waals surface area contributed by atoms with Crippen LogP contribution >= 0.6 is 11.8 Å². The molecule has 0 unspecified atom stereocenters. The number of hydrogen-bond donors (Lipinski definition) is 1. The van der Waals surface area contributed by atoms with Crippen LogP contribution in [-0.4, -0.2) is 37.9 Å². The number of carbonyl (C=O) groups excluding carboxylic acids is 1. The molecule has 0 aliphatic rings. The van der Waals surface area contributed by atoms with Gasteiger partial charge in [-0.05, 0) is 48.7 Å². The Kier molecular flexibility index (Phi) is 7.43. The number of rotatable bonds is 9. The Morgan fingerprint density at radius 2 is 2.00 bits per heavy atom. The van der Waals surface area contributed by atoms with Gasteiger partial charge in [-0.3, -0.25) is 4.79 Å². The fourth-order valence-electron chi connectivity index (χ4n) is 2.77. The Balaban J connectivity index is 1.94. The number of para-hydroxylation sites is 1. The van der Waals surface area contributed by atoms with Gasteiger partial charge in [-0.2, -0.15) is 4.68 Å². The van der Waals surface area contributed by atoms with E-state index >= 15 is 0 Å². The maximum absolute atomic E-state index is 12.2. The number of unbranched alkanes of at least 4 members (excludes halogenated alkanes) is 2. The molecule has 0 aliphatic carbocycles. The van der Waals surface area contributed by atoms with Crippen molar-refractivity contribution in [2.75, 3.05) is 5.75 Å². The van der Waals surface area contributed by atoms with Crippen molar-refractivity contribution in [1.29, 1.82) is 0 Å². The Hall–Kier alpha value is -1.89. The molecule has 2 rings (SSSR count). The molecule has 2 aromatic rings. The fraction of sp³-hybridized carbons (Fsp3) is 0.556. The lowest BCUT2D eigenvalue weighted by Gasteiger charge is -2.13. The van der Waals surface area contributed by atoms with Crippen molar-refractivity contribution >= 4 is 17.7 Å². The molecular weight excluding hydrogens is 334 g/mol. The molecule has 0 aliphatic heterocycles. The van der Waals surface area contributed by atoms with E-state index < -0.39 is 0 Å². The van der Waals surface area contributed by atoms with Crippen LogP contribution in [0.2, 0.25) is 0 Å². The first-order chi connectivity index (χ1) is 12.0. The summed E-state index contributed by atoms with van der Waals surface area (Å²) in [4.78, 5) is 12.2. The van der Waals surface area contributed by atoms with Crippen molar-refractivity contribution < 1.29 is 4.79 Å². The maximum atomic E-state index is 12.2. The molecule has 0 saturated carbocycles. The fourth-order valence-corrected chi connectivity index (χ4v) is 3.46. The van der Waals surface area contributed by atoms with Crippen LogP contribution in [-0.2, 0) is 4.79 Å². The minimum Gasteiger partial charge on any atom is -0.353 e. The van der Waals surface area contributed by atoms with E-state index in [0.29, 0.717) is 10.9 Å². The largest absolute Gasteiger partial charge is 0.353 e. The molecule has 1 amide bonds. The van der Waals surface area contributed by atoms with Gasteiger partial charge in [-0.25, -0.2) is 0 Å². The second kappa shape index (κ2) is 9.56. The smallest absolute Gasteiger partial charge is 0.230 e. The Morgan fingerprint density at radius 3 is 2.68 bits per heavy atom. The molecule has 0 fully saturated rings. The molecule has 0 spiro atoms. The Bertz CT molecular complexity index is 680. The summed E-state index contributed by atoms with van der Waals surface area (Å²) in [6.07, 6.45) is 4.57. The molecule has 7 heteroatoms. The number of nitrogens with zero attached hydrogens (tertiary/aromatic N) is 4. The number of aryl methyl sites for hydroxylation is 2. The summed E-state index contributed by atoms with van der Waals surface area (Å²) in [7, 11) is 0. The topological polar surface area (TPSA) is 72.7 Å². The number of benzene rings is 1. The van der Waals surface area contributed by atoms with E-state index in [1.807, 2.05) is 32.0 Å². The van der Waals surface area contributed by atoms with Crippen LogP contribution in [0.3, 0.4) is 0 Å². The molecule has 0 bridgehead atoms. The quantitative estimate of drug-likeness (QED) is 0.547. The van der Waals surface area contributed by atoms with Crippen LogP contribution in [0, 0.1) is 13.8 Å². The first kappa shape index (κ1) is 19.4. The molecule has 1 N–H and O–H groups in total. The third-order valence-electron chi connectivity index (χ3n) is 4.07. The highest BCUT2D eigenvalue weighted by Crippen LogP contribution is 2.23. The van der Waals surface area contributed by atoms with Gasteiger partial charge in [0.15, 0.2) is 0 Å². The molecular formula is C18H27N5OS. The lowest BCUT2D eigenvalue weighted by Crippen LogP contribution is -2.33.